The molecule has 0 aliphatic carbocycles. The number of anilines is 2. The molecule has 0 saturated carbocycles. The van der Waals surface area contributed by atoms with Crippen LogP contribution in [0.25, 0.3) is 10.9 Å². The number of likely N-dealkylation sites (N-methyl/N-ethyl adjacent to an activating group) is 1. The smallest absolute Gasteiger partial charge is 0.0723 e. The second kappa shape index (κ2) is 11.0. The van der Waals surface area contributed by atoms with Crippen LogP contribution >= 0.6 is 0 Å². The molecule has 2 N–H and O–H groups in total. The van der Waals surface area contributed by atoms with Crippen LogP contribution in [0, 0.1) is 5.92 Å². The van der Waals surface area contributed by atoms with E-state index in [2.05, 4.69) is 55.4 Å². The molecule has 1 aromatic carbocycles. The van der Waals surface area contributed by atoms with Gasteiger partial charge < -0.3 is 25.2 Å². The number of aromatic nitrogens is 2. The molecule has 0 atom stereocenters. The Labute approximate surface area is 198 Å². The molecule has 0 radical (unpaired) electrons. The summed E-state index contributed by atoms with van der Waals surface area (Å²) < 4.78 is 7.72. The molecule has 2 aromatic rings. The van der Waals surface area contributed by atoms with Crippen LogP contribution in [0.1, 0.15) is 19.3 Å². The molecule has 5 rings (SSSR count). The van der Waals surface area contributed by atoms with Crippen molar-refractivity contribution in [3.05, 3.63) is 18.3 Å². The Bertz CT molecular complexity index is 880. The third kappa shape index (κ3) is 5.80. The average Bonchev–Trinajstić information content (AvgIpc) is 3.27. The van der Waals surface area contributed by atoms with Crippen LogP contribution < -0.4 is 15.5 Å². The highest BCUT2D eigenvalue weighted by Crippen LogP contribution is 2.31. The number of piperidine rings is 1. The molecule has 0 bridgehead atoms. The number of morpholine rings is 1. The van der Waals surface area contributed by atoms with Crippen molar-refractivity contribution in [3.8, 4) is 0 Å². The van der Waals surface area contributed by atoms with E-state index in [1.54, 1.807) is 0 Å². The van der Waals surface area contributed by atoms with Gasteiger partial charge in [0.1, 0.15) is 0 Å². The summed E-state index contributed by atoms with van der Waals surface area (Å²) in [4.78, 5) is 7.47. The van der Waals surface area contributed by atoms with Crippen molar-refractivity contribution >= 4 is 22.3 Å². The number of nitrogens with one attached hydrogen (secondary N) is 2. The fraction of sp³-hybridized carbons (Fsp3) is 0.720. The van der Waals surface area contributed by atoms with Gasteiger partial charge in [-0.3, -0.25) is 9.58 Å². The van der Waals surface area contributed by atoms with E-state index < -0.39 is 0 Å². The second-order valence-corrected chi connectivity index (χ2v) is 9.97. The Kier molecular flexibility index (Phi) is 7.66. The predicted octanol–water partition coefficient (Wildman–Crippen LogP) is 1.92. The van der Waals surface area contributed by atoms with Crippen molar-refractivity contribution in [2.24, 2.45) is 5.92 Å². The summed E-state index contributed by atoms with van der Waals surface area (Å²) in [5.74, 6) is 0.747. The van der Waals surface area contributed by atoms with Gasteiger partial charge in [0.2, 0.25) is 0 Å². The highest BCUT2D eigenvalue weighted by Gasteiger charge is 2.19. The molecule has 0 spiro atoms. The minimum Gasteiger partial charge on any atom is -0.384 e. The lowest BCUT2D eigenvalue weighted by Crippen LogP contribution is -2.44. The normalized spacial score (nSPS) is 21.7. The standard InChI is InChI=1S/C25H41N7O/c1-29-9-11-31(12-10-29)22-17-24(27-19-21-3-5-26-6-4-21)23-20-28-32(25(23)18-22)8-2-7-30-13-15-33-16-14-30/h17-18,20-21,26-27H,2-16,19H2,1H3. The molecule has 3 fully saturated rings. The maximum absolute atomic E-state index is 5.49. The third-order valence-electron chi connectivity index (χ3n) is 7.60. The van der Waals surface area contributed by atoms with Crippen LogP contribution in [0.2, 0.25) is 0 Å². The summed E-state index contributed by atoms with van der Waals surface area (Å²) in [6.45, 7) is 13.7. The molecule has 0 unspecified atom stereocenters. The van der Waals surface area contributed by atoms with Crippen LogP contribution in [-0.2, 0) is 11.3 Å². The Balaban J connectivity index is 1.33. The van der Waals surface area contributed by atoms with Crippen molar-refractivity contribution < 1.29 is 4.74 Å². The summed E-state index contributed by atoms with van der Waals surface area (Å²) in [6.07, 6.45) is 5.71. The summed E-state index contributed by atoms with van der Waals surface area (Å²) in [7, 11) is 2.22. The number of hydrogen-bond acceptors (Lipinski definition) is 7. The minimum atomic E-state index is 0.747. The van der Waals surface area contributed by atoms with Gasteiger partial charge in [0.15, 0.2) is 0 Å². The van der Waals surface area contributed by atoms with Gasteiger partial charge in [0, 0.05) is 75.7 Å². The monoisotopic (exact) mass is 455 g/mol. The highest BCUT2D eigenvalue weighted by atomic mass is 16.5. The molecule has 4 heterocycles. The molecule has 33 heavy (non-hydrogen) atoms. The number of benzene rings is 1. The van der Waals surface area contributed by atoms with E-state index in [9.17, 15) is 0 Å². The van der Waals surface area contributed by atoms with E-state index in [1.165, 1.54) is 35.1 Å². The summed E-state index contributed by atoms with van der Waals surface area (Å²) in [6, 6.07) is 4.74. The number of fused-ring (bicyclic) bond motifs is 1. The van der Waals surface area contributed by atoms with Crippen molar-refractivity contribution in [1.82, 2.24) is 24.9 Å². The van der Waals surface area contributed by atoms with Gasteiger partial charge in [-0.05, 0) is 57.5 Å². The zero-order valence-corrected chi connectivity index (χ0v) is 20.3. The first-order chi connectivity index (χ1) is 16.3. The van der Waals surface area contributed by atoms with Crippen LogP contribution in [0.4, 0.5) is 11.4 Å². The van der Waals surface area contributed by atoms with E-state index in [0.29, 0.717) is 0 Å². The quantitative estimate of drug-likeness (QED) is 0.631. The van der Waals surface area contributed by atoms with Crippen molar-refractivity contribution in [2.45, 2.75) is 25.8 Å². The SMILES string of the molecule is CN1CCN(c2cc(NCC3CCNCC3)c3cnn(CCCN4CCOCC4)c3c2)CC1. The zero-order chi connectivity index (χ0) is 22.5. The molecule has 0 amide bonds. The predicted molar refractivity (Wildman–Crippen MR) is 135 cm³/mol. The maximum atomic E-state index is 5.49. The fourth-order valence-corrected chi connectivity index (χ4v) is 5.34. The van der Waals surface area contributed by atoms with Gasteiger partial charge in [0.25, 0.3) is 0 Å². The maximum Gasteiger partial charge on any atom is 0.0723 e. The van der Waals surface area contributed by atoms with E-state index in [1.807, 2.05) is 0 Å². The van der Waals surface area contributed by atoms with E-state index in [4.69, 9.17) is 9.84 Å². The molecule has 3 saturated heterocycles. The first-order valence-electron chi connectivity index (χ1n) is 12.9. The Morgan fingerprint density at radius 3 is 2.61 bits per heavy atom. The van der Waals surface area contributed by atoms with Crippen LogP contribution in [-0.4, -0.2) is 105 Å². The van der Waals surface area contributed by atoms with Crippen molar-refractivity contribution in [3.63, 3.8) is 0 Å². The van der Waals surface area contributed by atoms with E-state index in [-0.39, 0.29) is 0 Å². The molecule has 8 heteroatoms. The lowest BCUT2D eigenvalue weighted by molar-refractivity contribution is 0.0368. The zero-order valence-electron chi connectivity index (χ0n) is 20.3. The molecule has 182 valence electrons. The number of hydrogen-bond donors (Lipinski definition) is 2. The van der Waals surface area contributed by atoms with Gasteiger partial charge in [-0.25, -0.2) is 0 Å². The molecule has 1 aromatic heterocycles. The third-order valence-corrected chi connectivity index (χ3v) is 7.60. The van der Waals surface area contributed by atoms with E-state index >= 15 is 0 Å². The summed E-state index contributed by atoms with van der Waals surface area (Å²) in [5.41, 5.74) is 3.85. The molecule has 3 aliphatic rings. The van der Waals surface area contributed by atoms with Crippen LogP contribution in [0.5, 0.6) is 0 Å². The molecular weight excluding hydrogens is 414 g/mol. The second-order valence-electron chi connectivity index (χ2n) is 9.97. The van der Waals surface area contributed by atoms with Gasteiger partial charge in [-0.1, -0.05) is 0 Å². The lowest BCUT2D eigenvalue weighted by atomic mass is 9.98. The number of rotatable bonds is 8. The van der Waals surface area contributed by atoms with Crippen LogP contribution in [0.15, 0.2) is 18.3 Å². The lowest BCUT2D eigenvalue weighted by Gasteiger charge is -2.34. The number of piperazine rings is 1. The van der Waals surface area contributed by atoms with Crippen molar-refractivity contribution in [1.29, 1.82) is 0 Å². The first-order valence-corrected chi connectivity index (χ1v) is 12.9. The topological polar surface area (TPSA) is 60.8 Å². The van der Waals surface area contributed by atoms with Crippen LogP contribution in [0.3, 0.4) is 0 Å². The van der Waals surface area contributed by atoms with Gasteiger partial charge >= 0.3 is 0 Å². The van der Waals surface area contributed by atoms with Gasteiger partial charge in [-0.15, -0.1) is 0 Å². The number of nitrogens with zero attached hydrogens (tertiary/aromatic N) is 5. The number of aryl methyl sites for hydroxylation is 1. The Morgan fingerprint density at radius 2 is 1.82 bits per heavy atom. The largest absolute Gasteiger partial charge is 0.384 e. The fourth-order valence-electron chi connectivity index (χ4n) is 5.34. The number of ether oxygens (including phenoxy) is 1. The summed E-state index contributed by atoms with van der Waals surface area (Å²) in [5, 5.41) is 13.4. The molecular formula is C25H41N7O. The van der Waals surface area contributed by atoms with E-state index in [0.717, 1.165) is 97.5 Å². The van der Waals surface area contributed by atoms with Gasteiger partial charge in [0.05, 0.1) is 24.9 Å². The van der Waals surface area contributed by atoms with Gasteiger partial charge in [-0.2, -0.15) is 5.10 Å². The molecule has 3 aliphatic heterocycles. The minimum absolute atomic E-state index is 0.747. The Hall–Kier alpha value is -1.87. The summed E-state index contributed by atoms with van der Waals surface area (Å²) >= 11 is 0. The Morgan fingerprint density at radius 1 is 1.03 bits per heavy atom. The average molecular weight is 456 g/mol. The molecule has 8 nitrogen and oxygen atoms in total. The first kappa shape index (κ1) is 22.9. The van der Waals surface area contributed by atoms with Crippen molar-refractivity contribution in [2.75, 3.05) is 95.9 Å². The highest BCUT2D eigenvalue weighted by molar-refractivity contribution is 5.94.